The topological polar surface area (TPSA) is 41.5 Å². The van der Waals surface area contributed by atoms with Gasteiger partial charge < -0.3 is 14.5 Å². The van der Waals surface area contributed by atoms with Crippen molar-refractivity contribution in [2.24, 2.45) is 0 Å². The predicted molar refractivity (Wildman–Crippen MR) is 82.9 cm³/mol. The zero-order valence-corrected chi connectivity index (χ0v) is 12.3. The van der Waals surface area contributed by atoms with E-state index in [1.807, 2.05) is 24.4 Å². The van der Waals surface area contributed by atoms with Gasteiger partial charge in [-0.15, -0.1) is 0 Å². The summed E-state index contributed by atoms with van der Waals surface area (Å²) in [4.78, 5) is 13.1. The molecule has 0 saturated carbocycles. The fourth-order valence-corrected chi connectivity index (χ4v) is 2.48. The van der Waals surface area contributed by atoms with Gasteiger partial charge in [-0.3, -0.25) is 9.97 Å². The summed E-state index contributed by atoms with van der Waals surface area (Å²) < 4.78 is 5.80. The molecule has 2 aromatic rings. The number of ether oxygens (including phenoxy) is 1. The van der Waals surface area contributed by atoms with E-state index in [9.17, 15) is 0 Å². The number of hydrogen-bond donors (Lipinski definition) is 0. The molecule has 0 radical (unpaired) electrons. The minimum atomic E-state index is 0.729. The Bertz CT molecular complexity index is 575. The van der Waals surface area contributed by atoms with Crippen LogP contribution in [0.5, 0.6) is 11.5 Å². The van der Waals surface area contributed by atoms with Gasteiger partial charge in [-0.25, -0.2) is 0 Å². The van der Waals surface area contributed by atoms with E-state index in [0.717, 1.165) is 43.4 Å². The van der Waals surface area contributed by atoms with Crippen molar-refractivity contribution < 1.29 is 4.74 Å². The molecule has 0 spiro atoms. The molecule has 0 bridgehead atoms. The van der Waals surface area contributed by atoms with Crippen molar-refractivity contribution >= 4 is 5.69 Å². The first kappa shape index (κ1) is 13.8. The van der Waals surface area contributed by atoms with Gasteiger partial charge >= 0.3 is 0 Å². The lowest BCUT2D eigenvalue weighted by Gasteiger charge is -2.22. The molecule has 1 fully saturated rings. The largest absolute Gasteiger partial charge is 0.454 e. The Kier molecular flexibility index (Phi) is 4.31. The van der Waals surface area contributed by atoms with Gasteiger partial charge in [0, 0.05) is 31.9 Å². The normalized spacial score (nSPS) is 16.5. The molecule has 2 aromatic heterocycles. The maximum Gasteiger partial charge on any atom is 0.147 e. The van der Waals surface area contributed by atoms with Gasteiger partial charge in [0.15, 0.2) is 0 Å². The van der Waals surface area contributed by atoms with Gasteiger partial charge in [0.2, 0.25) is 0 Å². The van der Waals surface area contributed by atoms with Gasteiger partial charge in [-0.2, -0.15) is 0 Å². The number of pyridine rings is 2. The van der Waals surface area contributed by atoms with Crippen molar-refractivity contribution in [3.63, 3.8) is 0 Å². The molecule has 110 valence electrons. The fourth-order valence-electron chi connectivity index (χ4n) is 2.48. The summed E-state index contributed by atoms with van der Waals surface area (Å²) >= 11 is 0. The highest BCUT2D eigenvalue weighted by Gasteiger charge is 2.13. The van der Waals surface area contributed by atoms with E-state index >= 15 is 0 Å². The first-order chi connectivity index (χ1) is 10.3. The van der Waals surface area contributed by atoms with E-state index in [2.05, 4.69) is 26.8 Å². The molecule has 3 heterocycles. The Morgan fingerprint density at radius 3 is 2.76 bits per heavy atom. The predicted octanol–water partition coefficient (Wildman–Crippen LogP) is 2.41. The number of nitrogens with zero attached hydrogens (tertiary/aromatic N) is 4. The molecule has 0 atom stereocenters. The Morgan fingerprint density at radius 1 is 1.00 bits per heavy atom. The van der Waals surface area contributed by atoms with E-state index in [1.54, 1.807) is 18.6 Å². The van der Waals surface area contributed by atoms with Gasteiger partial charge in [-0.1, -0.05) is 0 Å². The highest BCUT2D eigenvalue weighted by Crippen LogP contribution is 2.24. The second-order valence-corrected chi connectivity index (χ2v) is 5.31. The molecular weight excluding hydrogens is 264 g/mol. The zero-order valence-electron chi connectivity index (χ0n) is 12.3. The van der Waals surface area contributed by atoms with Crippen LogP contribution in [0.15, 0.2) is 43.0 Å². The van der Waals surface area contributed by atoms with Crippen LogP contribution in [0.4, 0.5) is 5.69 Å². The second-order valence-electron chi connectivity index (χ2n) is 5.31. The highest BCUT2D eigenvalue weighted by atomic mass is 16.5. The first-order valence-electron chi connectivity index (χ1n) is 7.28. The van der Waals surface area contributed by atoms with Crippen LogP contribution in [0.25, 0.3) is 0 Å². The summed E-state index contributed by atoms with van der Waals surface area (Å²) in [5, 5.41) is 0. The lowest BCUT2D eigenvalue weighted by atomic mass is 10.3. The molecule has 0 N–H and O–H groups in total. The van der Waals surface area contributed by atoms with Crippen LogP contribution in [-0.4, -0.2) is 48.1 Å². The minimum absolute atomic E-state index is 0.729. The van der Waals surface area contributed by atoms with Crippen LogP contribution in [-0.2, 0) is 0 Å². The SMILES string of the molecule is CN1CCCN(c2cncc(Oc3cccnc3)c2)CC1. The smallest absolute Gasteiger partial charge is 0.147 e. The summed E-state index contributed by atoms with van der Waals surface area (Å²) in [6.07, 6.45) is 8.24. The average molecular weight is 284 g/mol. The van der Waals surface area contributed by atoms with E-state index in [-0.39, 0.29) is 0 Å². The minimum Gasteiger partial charge on any atom is -0.454 e. The summed E-state index contributed by atoms with van der Waals surface area (Å²) in [5.74, 6) is 1.48. The monoisotopic (exact) mass is 284 g/mol. The Morgan fingerprint density at radius 2 is 1.90 bits per heavy atom. The number of rotatable bonds is 3. The third kappa shape index (κ3) is 3.70. The molecule has 0 aromatic carbocycles. The van der Waals surface area contributed by atoms with Crippen LogP contribution in [0.2, 0.25) is 0 Å². The first-order valence-corrected chi connectivity index (χ1v) is 7.28. The summed E-state index contributed by atoms with van der Waals surface area (Å²) in [6.45, 7) is 4.31. The molecule has 21 heavy (non-hydrogen) atoms. The molecule has 5 nitrogen and oxygen atoms in total. The molecule has 1 aliphatic rings. The molecule has 0 aliphatic carbocycles. The molecule has 1 saturated heterocycles. The maximum atomic E-state index is 5.80. The zero-order chi connectivity index (χ0) is 14.5. The van der Waals surface area contributed by atoms with Crippen molar-refractivity contribution in [1.29, 1.82) is 0 Å². The number of likely N-dealkylation sites (N-methyl/N-ethyl adjacent to an activating group) is 1. The molecular formula is C16H20N4O. The van der Waals surface area contributed by atoms with Crippen molar-refractivity contribution in [3.05, 3.63) is 43.0 Å². The van der Waals surface area contributed by atoms with E-state index in [0.29, 0.717) is 0 Å². The third-order valence-electron chi connectivity index (χ3n) is 3.65. The van der Waals surface area contributed by atoms with Gasteiger partial charge in [-0.05, 0) is 32.1 Å². The van der Waals surface area contributed by atoms with Crippen molar-refractivity contribution in [1.82, 2.24) is 14.9 Å². The number of anilines is 1. The summed E-state index contributed by atoms with van der Waals surface area (Å²) in [6, 6.07) is 5.79. The number of aromatic nitrogens is 2. The second kappa shape index (κ2) is 6.54. The molecule has 5 heteroatoms. The van der Waals surface area contributed by atoms with Crippen LogP contribution in [0.3, 0.4) is 0 Å². The summed E-state index contributed by atoms with van der Waals surface area (Å²) in [7, 11) is 2.17. The average Bonchev–Trinajstić information content (AvgIpc) is 2.73. The van der Waals surface area contributed by atoms with Crippen LogP contribution in [0, 0.1) is 0 Å². The lowest BCUT2D eigenvalue weighted by molar-refractivity contribution is 0.360. The molecule has 0 unspecified atom stereocenters. The van der Waals surface area contributed by atoms with Gasteiger partial charge in [0.05, 0.1) is 24.3 Å². The van der Waals surface area contributed by atoms with Gasteiger partial charge in [0.1, 0.15) is 11.5 Å². The van der Waals surface area contributed by atoms with Gasteiger partial charge in [0.25, 0.3) is 0 Å². The van der Waals surface area contributed by atoms with Crippen molar-refractivity contribution in [2.75, 3.05) is 38.1 Å². The fraction of sp³-hybridized carbons (Fsp3) is 0.375. The van der Waals surface area contributed by atoms with Crippen LogP contribution < -0.4 is 9.64 Å². The van der Waals surface area contributed by atoms with Crippen molar-refractivity contribution in [2.45, 2.75) is 6.42 Å². The Labute approximate surface area is 125 Å². The quantitative estimate of drug-likeness (QED) is 0.866. The maximum absolute atomic E-state index is 5.80. The summed E-state index contributed by atoms with van der Waals surface area (Å²) in [5.41, 5.74) is 1.12. The molecule has 3 rings (SSSR count). The highest BCUT2D eigenvalue weighted by molar-refractivity contribution is 5.49. The van der Waals surface area contributed by atoms with Crippen LogP contribution in [0.1, 0.15) is 6.42 Å². The lowest BCUT2D eigenvalue weighted by Crippen LogP contribution is -2.28. The Balaban J connectivity index is 1.73. The molecule has 1 aliphatic heterocycles. The Hall–Kier alpha value is -2.14. The third-order valence-corrected chi connectivity index (χ3v) is 3.65. The van der Waals surface area contributed by atoms with Crippen molar-refractivity contribution in [3.8, 4) is 11.5 Å². The van der Waals surface area contributed by atoms with E-state index in [4.69, 9.17) is 4.74 Å². The molecule has 0 amide bonds. The van der Waals surface area contributed by atoms with Crippen LogP contribution >= 0.6 is 0 Å². The standard InChI is InChI=1S/C16H20N4O/c1-19-6-3-7-20(9-8-19)14-10-16(13-18-11-14)21-15-4-2-5-17-12-15/h2,4-5,10-13H,3,6-9H2,1H3. The van der Waals surface area contributed by atoms with E-state index < -0.39 is 0 Å². The van der Waals surface area contributed by atoms with E-state index in [1.165, 1.54) is 6.42 Å². The number of hydrogen-bond acceptors (Lipinski definition) is 5.